The van der Waals surface area contributed by atoms with E-state index < -0.39 is 12.3 Å². The fourth-order valence-electron chi connectivity index (χ4n) is 3.17. The molecule has 5 nitrogen and oxygen atoms in total. The molecule has 0 spiro atoms. The average Bonchev–Trinajstić information content (AvgIpc) is 3.38. The highest BCUT2D eigenvalue weighted by molar-refractivity contribution is 5.95. The maximum atomic E-state index is 12.7. The number of carbonyl (C=O) groups is 1. The number of anilines is 1. The van der Waals surface area contributed by atoms with Crippen LogP contribution in [-0.2, 0) is 11.2 Å². The molecule has 0 aromatic heterocycles. The Morgan fingerprint density at radius 1 is 1.40 bits per heavy atom. The Bertz CT molecular complexity index is 722. The second kappa shape index (κ2) is 7.18. The molecular formula is C18H19F2N3O2. The van der Waals surface area contributed by atoms with Gasteiger partial charge in [0.05, 0.1) is 5.69 Å². The number of halogens is 2. The van der Waals surface area contributed by atoms with E-state index in [1.165, 1.54) is 6.07 Å². The van der Waals surface area contributed by atoms with Gasteiger partial charge in [0, 0.05) is 37.8 Å². The monoisotopic (exact) mass is 347 g/mol. The van der Waals surface area contributed by atoms with Crippen molar-refractivity contribution in [3.8, 4) is 18.1 Å². The highest BCUT2D eigenvalue weighted by Gasteiger charge is 2.40. The Kier molecular flexibility index (Phi) is 4.98. The molecule has 0 N–H and O–H groups in total. The molecule has 0 saturated carbocycles. The van der Waals surface area contributed by atoms with Gasteiger partial charge < -0.3 is 9.64 Å². The zero-order chi connectivity index (χ0) is 17.9. The Labute approximate surface area is 145 Å². The van der Waals surface area contributed by atoms with Crippen LogP contribution in [0.4, 0.5) is 14.5 Å². The summed E-state index contributed by atoms with van der Waals surface area (Å²) in [6.45, 7) is -2.32. The summed E-state index contributed by atoms with van der Waals surface area (Å²) in [6, 6.07) is 4.91. The van der Waals surface area contributed by atoms with Crippen molar-refractivity contribution in [3.05, 3.63) is 23.8 Å². The number of carbonyl (C=O) groups excluding carboxylic acids is 1. The van der Waals surface area contributed by atoms with Crippen LogP contribution in [0.15, 0.2) is 28.4 Å². The van der Waals surface area contributed by atoms with Crippen LogP contribution in [0.3, 0.4) is 0 Å². The highest BCUT2D eigenvalue weighted by atomic mass is 19.3. The molecule has 0 unspecified atom stereocenters. The van der Waals surface area contributed by atoms with Crippen LogP contribution in [0, 0.1) is 12.3 Å². The Morgan fingerprint density at radius 2 is 2.20 bits per heavy atom. The maximum absolute atomic E-state index is 12.7. The van der Waals surface area contributed by atoms with Gasteiger partial charge in [-0.05, 0) is 25.0 Å². The van der Waals surface area contributed by atoms with Crippen molar-refractivity contribution >= 4 is 11.6 Å². The number of alkyl halides is 2. The van der Waals surface area contributed by atoms with Crippen molar-refractivity contribution in [1.29, 1.82) is 0 Å². The van der Waals surface area contributed by atoms with Crippen LogP contribution in [0.2, 0.25) is 0 Å². The highest BCUT2D eigenvalue weighted by Crippen LogP contribution is 2.39. The van der Waals surface area contributed by atoms with E-state index in [2.05, 4.69) is 20.9 Å². The molecule has 2 aliphatic rings. The summed E-state index contributed by atoms with van der Waals surface area (Å²) >= 11 is 0. The summed E-state index contributed by atoms with van der Waals surface area (Å²) in [7, 11) is 0. The van der Waals surface area contributed by atoms with Crippen LogP contribution in [0.25, 0.3) is 0 Å². The minimum atomic E-state index is -2.88. The molecule has 2 heterocycles. The molecule has 1 amide bonds. The van der Waals surface area contributed by atoms with Gasteiger partial charge in [0.2, 0.25) is 5.91 Å². The average molecular weight is 347 g/mol. The lowest BCUT2D eigenvalue weighted by Gasteiger charge is -2.31. The van der Waals surface area contributed by atoms with Crippen LogP contribution in [0.5, 0.6) is 5.75 Å². The SMILES string of the molecule is C#CCCC1(CCC(=O)N2CCCc3c(OC(F)F)cccc32)N=N1. The van der Waals surface area contributed by atoms with Gasteiger partial charge in [0.1, 0.15) is 5.75 Å². The maximum Gasteiger partial charge on any atom is 0.387 e. The number of rotatable bonds is 7. The molecule has 25 heavy (non-hydrogen) atoms. The second-order valence-electron chi connectivity index (χ2n) is 6.17. The summed E-state index contributed by atoms with van der Waals surface area (Å²) in [5.41, 5.74) is 0.809. The van der Waals surface area contributed by atoms with E-state index >= 15 is 0 Å². The number of ether oxygens (including phenoxy) is 1. The standard InChI is InChI=1S/C18H19F2N3O2/c1-2-3-10-18(21-22-18)11-9-16(24)23-12-5-6-13-14(23)7-4-8-15(13)25-17(19)20/h1,4,7-8,17H,3,5-6,9-12H2. The molecule has 0 fully saturated rings. The molecule has 0 saturated heterocycles. The summed E-state index contributed by atoms with van der Waals surface area (Å²) in [5, 5.41) is 8.07. The number of hydrogen-bond donors (Lipinski definition) is 0. The predicted molar refractivity (Wildman–Crippen MR) is 88.6 cm³/mol. The van der Waals surface area contributed by atoms with E-state index in [4.69, 9.17) is 6.42 Å². The Hall–Kier alpha value is -2.49. The predicted octanol–water partition coefficient (Wildman–Crippen LogP) is 3.92. The summed E-state index contributed by atoms with van der Waals surface area (Å²) in [6.07, 6.45) is 8.61. The van der Waals surface area contributed by atoms with Gasteiger partial charge in [-0.25, -0.2) is 0 Å². The molecule has 0 aliphatic carbocycles. The van der Waals surface area contributed by atoms with Gasteiger partial charge in [-0.15, -0.1) is 12.3 Å². The fraction of sp³-hybridized carbons (Fsp3) is 0.500. The molecule has 0 radical (unpaired) electrons. The van der Waals surface area contributed by atoms with Crippen LogP contribution >= 0.6 is 0 Å². The van der Waals surface area contributed by atoms with Crippen LogP contribution in [0.1, 0.15) is 37.7 Å². The lowest BCUT2D eigenvalue weighted by molar-refractivity contribution is -0.119. The number of terminal acetylenes is 1. The van der Waals surface area contributed by atoms with Crippen molar-refractivity contribution in [2.45, 2.75) is 50.8 Å². The first-order chi connectivity index (χ1) is 12.0. The molecule has 0 bridgehead atoms. The molecule has 0 atom stereocenters. The van der Waals surface area contributed by atoms with Crippen molar-refractivity contribution < 1.29 is 18.3 Å². The van der Waals surface area contributed by atoms with Gasteiger partial charge in [-0.3, -0.25) is 4.79 Å². The molecule has 1 aromatic rings. The van der Waals surface area contributed by atoms with E-state index in [-0.39, 0.29) is 18.1 Å². The second-order valence-corrected chi connectivity index (χ2v) is 6.17. The molecule has 7 heteroatoms. The first kappa shape index (κ1) is 17.3. The minimum absolute atomic E-state index is 0.0625. The first-order valence-electron chi connectivity index (χ1n) is 8.29. The quantitative estimate of drug-likeness (QED) is 0.702. The number of amides is 1. The number of hydrogen-bond acceptors (Lipinski definition) is 4. The van der Waals surface area contributed by atoms with Gasteiger partial charge in [0.15, 0.2) is 5.66 Å². The lowest BCUT2D eigenvalue weighted by atomic mass is 9.98. The van der Waals surface area contributed by atoms with Crippen molar-refractivity contribution in [2.75, 3.05) is 11.4 Å². The van der Waals surface area contributed by atoms with Crippen molar-refractivity contribution in [3.63, 3.8) is 0 Å². The largest absolute Gasteiger partial charge is 0.434 e. The lowest BCUT2D eigenvalue weighted by Crippen LogP contribution is -2.36. The molecule has 2 aliphatic heterocycles. The third-order valence-electron chi connectivity index (χ3n) is 4.52. The zero-order valence-corrected chi connectivity index (χ0v) is 13.8. The van der Waals surface area contributed by atoms with E-state index in [0.717, 1.165) is 0 Å². The minimum Gasteiger partial charge on any atom is -0.434 e. The fourth-order valence-corrected chi connectivity index (χ4v) is 3.17. The number of benzene rings is 1. The van der Waals surface area contributed by atoms with E-state index in [0.29, 0.717) is 49.9 Å². The smallest absolute Gasteiger partial charge is 0.387 e. The summed E-state index contributed by atoms with van der Waals surface area (Å²) < 4.78 is 29.7. The first-order valence-corrected chi connectivity index (χ1v) is 8.29. The third-order valence-corrected chi connectivity index (χ3v) is 4.52. The summed E-state index contributed by atoms with van der Waals surface area (Å²) in [5.74, 6) is 2.64. The van der Waals surface area contributed by atoms with Gasteiger partial charge in [-0.2, -0.15) is 19.0 Å². The van der Waals surface area contributed by atoms with E-state index in [9.17, 15) is 13.6 Å². The molecule has 3 rings (SSSR count). The van der Waals surface area contributed by atoms with Gasteiger partial charge in [0.25, 0.3) is 0 Å². The van der Waals surface area contributed by atoms with Crippen molar-refractivity contribution in [1.82, 2.24) is 0 Å². The van der Waals surface area contributed by atoms with Crippen LogP contribution < -0.4 is 9.64 Å². The van der Waals surface area contributed by atoms with E-state index in [1.54, 1.807) is 17.0 Å². The van der Waals surface area contributed by atoms with Crippen molar-refractivity contribution in [2.24, 2.45) is 10.2 Å². The Morgan fingerprint density at radius 3 is 2.88 bits per heavy atom. The molecule has 1 aromatic carbocycles. The van der Waals surface area contributed by atoms with Crippen LogP contribution in [-0.4, -0.2) is 24.7 Å². The molecule has 132 valence electrons. The third kappa shape index (κ3) is 3.95. The normalized spacial score (nSPS) is 17.1. The number of nitrogens with zero attached hydrogens (tertiary/aromatic N) is 3. The topological polar surface area (TPSA) is 54.3 Å². The van der Waals surface area contributed by atoms with Gasteiger partial charge in [-0.1, -0.05) is 6.07 Å². The van der Waals surface area contributed by atoms with E-state index in [1.807, 2.05) is 0 Å². The molecular weight excluding hydrogens is 328 g/mol. The zero-order valence-electron chi connectivity index (χ0n) is 13.8. The Balaban J connectivity index is 1.68. The van der Waals surface area contributed by atoms with Gasteiger partial charge >= 0.3 is 6.61 Å². The summed E-state index contributed by atoms with van der Waals surface area (Å²) in [4.78, 5) is 14.3. The number of fused-ring (bicyclic) bond motifs is 1.